The summed E-state index contributed by atoms with van der Waals surface area (Å²) >= 11 is 0. The number of imide groups is 1. The van der Waals surface area contributed by atoms with Gasteiger partial charge in [-0.05, 0) is 41.8 Å². The molecule has 2 aromatic rings. The number of carbonyl (C=O) groups excluding carboxylic acids is 3. The average molecular weight is 484 g/mol. The third-order valence-corrected chi connectivity index (χ3v) is 7.64. The second-order valence-corrected chi connectivity index (χ2v) is 10.9. The minimum atomic E-state index is -3.78. The van der Waals surface area contributed by atoms with Gasteiger partial charge in [0.15, 0.2) is 9.84 Å². The van der Waals surface area contributed by atoms with E-state index in [1.807, 2.05) is 6.07 Å². The van der Waals surface area contributed by atoms with Crippen molar-refractivity contribution in [2.45, 2.75) is 37.6 Å². The monoisotopic (exact) mass is 483 g/mol. The van der Waals surface area contributed by atoms with Crippen molar-refractivity contribution in [2.75, 3.05) is 12.3 Å². The zero-order valence-corrected chi connectivity index (χ0v) is 19.7. The molecule has 0 radical (unpaired) electrons. The number of hydroxylamine groups is 2. The van der Waals surface area contributed by atoms with Crippen LogP contribution in [0.15, 0.2) is 53.4 Å². The summed E-state index contributed by atoms with van der Waals surface area (Å²) in [7, 11) is -3.78. The van der Waals surface area contributed by atoms with Crippen molar-refractivity contribution in [3.63, 3.8) is 0 Å². The van der Waals surface area contributed by atoms with E-state index in [2.05, 4.69) is 0 Å². The molecule has 1 unspecified atom stereocenters. The Morgan fingerprint density at radius 1 is 1.12 bits per heavy atom. The molecule has 1 atom stereocenters. The summed E-state index contributed by atoms with van der Waals surface area (Å²) in [5.41, 5.74) is 1.24. The Labute approximate surface area is 198 Å². The van der Waals surface area contributed by atoms with Crippen molar-refractivity contribution in [3.05, 3.63) is 54.1 Å². The fourth-order valence-electron chi connectivity index (χ4n) is 3.82. The van der Waals surface area contributed by atoms with Gasteiger partial charge in [-0.15, -0.1) is 0 Å². The quantitative estimate of drug-likeness (QED) is 0.250. The predicted molar refractivity (Wildman–Crippen MR) is 122 cm³/mol. The highest BCUT2D eigenvalue weighted by Gasteiger charge is 2.45. The number of likely N-dealkylation sites (tertiary alicyclic amines) is 1. The van der Waals surface area contributed by atoms with Gasteiger partial charge in [-0.25, -0.2) is 13.5 Å². The molecule has 1 N–H and O–H groups in total. The van der Waals surface area contributed by atoms with Crippen LogP contribution in [-0.2, 0) is 24.2 Å². The van der Waals surface area contributed by atoms with Crippen LogP contribution in [0.5, 0.6) is 0 Å². The summed E-state index contributed by atoms with van der Waals surface area (Å²) in [6.07, 6.45) is -0.0405. The van der Waals surface area contributed by atoms with Gasteiger partial charge in [0, 0.05) is 6.42 Å². The SMILES string of the molecule is CC1(C)CC(=O)N(CC(CCS(=O)(=O)c2ccc(-c3ccc(C#N)cc3)cc2)N(O)C=O)C1=O. The molecule has 0 aromatic heterocycles. The normalized spacial score (nSPS) is 16.2. The molecule has 0 aliphatic carbocycles. The molecule has 3 amide bonds. The van der Waals surface area contributed by atoms with Crippen LogP contribution in [0.1, 0.15) is 32.3 Å². The molecule has 1 saturated heterocycles. The van der Waals surface area contributed by atoms with E-state index in [1.54, 1.807) is 50.2 Å². The number of hydrogen-bond acceptors (Lipinski definition) is 7. The minimum absolute atomic E-state index is 0.00889. The molecule has 1 heterocycles. The van der Waals surface area contributed by atoms with Crippen molar-refractivity contribution in [1.82, 2.24) is 9.96 Å². The molecule has 3 rings (SSSR count). The Balaban J connectivity index is 1.72. The van der Waals surface area contributed by atoms with Crippen LogP contribution in [0.2, 0.25) is 0 Å². The number of rotatable bonds is 9. The van der Waals surface area contributed by atoms with E-state index in [9.17, 15) is 28.0 Å². The lowest BCUT2D eigenvalue weighted by Crippen LogP contribution is -2.45. The first-order chi connectivity index (χ1) is 16.0. The maximum Gasteiger partial charge on any atom is 0.235 e. The third-order valence-electron chi connectivity index (χ3n) is 5.87. The number of carbonyl (C=O) groups is 3. The highest BCUT2D eigenvalue weighted by molar-refractivity contribution is 7.91. The number of sulfone groups is 1. The number of benzene rings is 2. The van der Waals surface area contributed by atoms with Crippen LogP contribution in [-0.4, -0.2) is 60.2 Å². The van der Waals surface area contributed by atoms with Gasteiger partial charge in [-0.1, -0.05) is 38.1 Å². The summed E-state index contributed by atoms with van der Waals surface area (Å²) in [5.74, 6) is -1.26. The van der Waals surface area contributed by atoms with Crippen molar-refractivity contribution >= 4 is 28.1 Å². The highest BCUT2D eigenvalue weighted by Crippen LogP contribution is 2.32. The fourth-order valence-corrected chi connectivity index (χ4v) is 5.19. The van der Waals surface area contributed by atoms with E-state index < -0.39 is 38.9 Å². The van der Waals surface area contributed by atoms with E-state index in [-0.39, 0.29) is 30.7 Å². The summed E-state index contributed by atoms with van der Waals surface area (Å²) in [4.78, 5) is 36.9. The average Bonchev–Trinajstić information content (AvgIpc) is 3.02. The molecular formula is C24H25N3O6S. The molecule has 1 aliphatic heterocycles. The maximum absolute atomic E-state index is 12.9. The van der Waals surface area contributed by atoms with Crippen LogP contribution < -0.4 is 0 Å². The third kappa shape index (κ3) is 5.32. The topological polar surface area (TPSA) is 136 Å². The zero-order valence-electron chi connectivity index (χ0n) is 18.8. The molecule has 2 aromatic carbocycles. The zero-order chi connectivity index (χ0) is 25.1. The second kappa shape index (κ2) is 9.75. The minimum Gasteiger partial charge on any atom is -0.286 e. The lowest BCUT2D eigenvalue weighted by Gasteiger charge is -2.27. The van der Waals surface area contributed by atoms with Crippen LogP contribution in [0.4, 0.5) is 0 Å². The maximum atomic E-state index is 12.9. The van der Waals surface area contributed by atoms with Gasteiger partial charge >= 0.3 is 0 Å². The van der Waals surface area contributed by atoms with Gasteiger partial charge in [-0.3, -0.25) is 24.5 Å². The number of amides is 3. The Hall–Kier alpha value is -3.55. The van der Waals surface area contributed by atoms with E-state index in [1.165, 1.54) is 12.1 Å². The van der Waals surface area contributed by atoms with Crippen LogP contribution in [0, 0.1) is 16.7 Å². The van der Waals surface area contributed by atoms with Gasteiger partial charge in [0.05, 0.1) is 40.3 Å². The molecular weight excluding hydrogens is 458 g/mol. The van der Waals surface area contributed by atoms with Gasteiger partial charge in [0.1, 0.15) is 0 Å². The molecule has 178 valence electrons. The summed E-state index contributed by atoms with van der Waals surface area (Å²) in [6, 6.07) is 14.1. The first kappa shape index (κ1) is 25.1. The van der Waals surface area contributed by atoms with E-state index in [4.69, 9.17) is 5.26 Å². The summed E-state index contributed by atoms with van der Waals surface area (Å²) < 4.78 is 25.8. The molecule has 1 aliphatic rings. The molecule has 1 fully saturated rings. The van der Waals surface area contributed by atoms with E-state index >= 15 is 0 Å². The van der Waals surface area contributed by atoms with E-state index in [0.717, 1.165) is 16.0 Å². The number of nitriles is 1. The Morgan fingerprint density at radius 3 is 2.15 bits per heavy atom. The molecule has 0 spiro atoms. The fraction of sp³-hybridized carbons (Fsp3) is 0.333. The number of nitrogens with zero attached hydrogens (tertiary/aromatic N) is 3. The van der Waals surface area contributed by atoms with Crippen molar-refractivity contribution < 1.29 is 28.0 Å². The van der Waals surface area contributed by atoms with Crippen LogP contribution >= 0.6 is 0 Å². The predicted octanol–water partition coefficient (Wildman–Crippen LogP) is 2.39. The smallest absolute Gasteiger partial charge is 0.235 e. The standard InChI is InChI=1S/C24H25N3O6S/c1-24(2)13-22(29)26(23(24)30)15-20(27(31)16-28)11-12-34(32,33)21-9-7-19(8-10-21)18-5-3-17(14-25)4-6-18/h3-10,16,20,31H,11-13,15H2,1-2H3. The first-order valence-electron chi connectivity index (χ1n) is 10.6. The largest absolute Gasteiger partial charge is 0.286 e. The number of hydrogen-bond donors (Lipinski definition) is 1. The molecule has 10 heteroatoms. The van der Waals surface area contributed by atoms with Crippen molar-refractivity contribution in [2.24, 2.45) is 5.41 Å². The van der Waals surface area contributed by atoms with E-state index in [0.29, 0.717) is 10.6 Å². The summed E-state index contributed by atoms with van der Waals surface area (Å²) in [5, 5.41) is 19.2. The van der Waals surface area contributed by atoms with Crippen molar-refractivity contribution in [1.29, 1.82) is 5.26 Å². The van der Waals surface area contributed by atoms with Gasteiger partial charge in [0.2, 0.25) is 18.2 Å². The molecule has 0 bridgehead atoms. The second-order valence-electron chi connectivity index (χ2n) is 8.83. The first-order valence-corrected chi connectivity index (χ1v) is 12.2. The lowest BCUT2D eigenvalue weighted by molar-refractivity contribution is -0.165. The highest BCUT2D eigenvalue weighted by atomic mass is 32.2. The summed E-state index contributed by atoms with van der Waals surface area (Å²) in [6.45, 7) is 2.97. The van der Waals surface area contributed by atoms with Crippen LogP contribution in [0.3, 0.4) is 0 Å². The van der Waals surface area contributed by atoms with Gasteiger partial charge in [0.25, 0.3) is 0 Å². The Kier molecular flexibility index (Phi) is 7.19. The lowest BCUT2D eigenvalue weighted by atomic mass is 9.92. The van der Waals surface area contributed by atoms with Crippen LogP contribution in [0.25, 0.3) is 11.1 Å². The van der Waals surface area contributed by atoms with Gasteiger partial charge in [-0.2, -0.15) is 5.26 Å². The Morgan fingerprint density at radius 2 is 1.68 bits per heavy atom. The molecule has 34 heavy (non-hydrogen) atoms. The Bertz CT molecular complexity index is 1230. The van der Waals surface area contributed by atoms with Crippen molar-refractivity contribution in [3.8, 4) is 17.2 Å². The molecule has 0 saturated carbocycles. The van der Waals surface area contributed by atoms with Gasteiger partial charge < -0.3 is 0 Å². The molecule has 9 nitrogen and oxygen atoms in total.